The van der Waals surface area contributed by atoms with Crippen molar-refractivity contribution in [2.75, 3.05) is 13.7 Å². The van der Waals surface area contributed by atoms with Crippen molar-refractivity contribution in [1.29, 1.82) is 0 Å². The number of ether oxygens (including phenoxy) is 1. The molecule has 4 rings (SSSR count). The van der Waals surface area contributed by atoms with Gasteiger partial charge in [-0.15, -0.1) is 0 Å². The van der Waals surface area contributed by atoms with Crippen molar-refractivity contribution < 1.29 is 14.6 Å². The molecule has 1 atom stereocenters. The quantitative estimate of drug-likeness (QED) is 0.568. The molecule has 1 aliphatic heterocycles. The fourth-order valence-corrected chi connectivity index (χ4v) is 4.13. The summed E-state index contributed by atoms with van der Waals surface area (Å²) in [5.74, 6) is 0.229. The second kappa shape index (κ2) is 9.09. The van der Waals surface area contributed by atoms with E-state index in [2.05, 4.69) is 43.3 Å². The van der Waals surface area contributed by atoms with Crippen molar-refractivity contribution in [3.05, 3.63) is 107 Å². The van der Waals surface area contributed by atoms with Gasteiger partial charge in [-0.25, -0.2) is 0 Å². The Bertz CT molecular complexity index is 1070. The highest BCUT2D eigenvalue weighted by molar-refractivity contribution is 6.05. The van der Waals surface area contributed by atoms with E-state index in [9.17, 15) is 9.90 Å². The minimum Gasteiger partial charge on any atom is -0.503 e. The number of nitrogens with zero attached hydrogens (tertiary/aromatic N) is 1. The standard InChI is InChI=1S/C27H27NO3/c1-3-19-9-11-22(12-10-19)25-24(21-13-15-23(31-2)16-14-21)26(29)27(30)28(25)18-17-20-7-5-4-6-8-20/h4-16,25,29H,3,17-18H2,1-2H3. The maximum Gasteiger partial charge on any atom is 0.289 e. The number of aliphatic hydroxyl groups is 1. The van der Waals surface area contributed by atoms with E-state index in [1.165, 1.54) is 5.56 Å². The lowest BCUT2D eigenvalue weighted by atomic mass is 9.92. The summed E-state index contributed by atoms with van der Waals surface area (Å²) in [5.41, 5.74) is 4.85. The van der Waals surface area contributed by atoms with E-state index in [-0.39, 0.29) is 17.7 Å². The number of aliphatic hydroxyl groups excluding tert-OH is 1. The Morgan fingerprint density at radius 2 is 1.58 bits per heavy atom. The Morgan fingerprint density at radius 3 is 2.19 bits per heavy atom. The molecule has 0 bridgehead atoms. The molecule has 0 radical (unpaired) electrons. The molecule has 0 spiro atoms. The highest BCUT2D eigenvalue weighted by Crippen LogP contribution is 2.43. The monoisotopic (exact) mass is 413 g/mol. The maximum atomic E-state index is 13.1. The SMILES string of the molecule is CCc1ccc(C2C(c3ccc(OC)cc3)=C(O)C(=O)N2CCc2ccccc2)cc1. The zero-order valence-corrected chi connectivity index (χ0v) is 17.9. The molecule has 3 aromatic rings. The molecule has 1 unspecified atom stereocenters. The van der Waals surface area contributed by atoms with Crippen LogP contribution in [0.4, 0.5) is 0 Å². The fraction of sp³-hybridized carbons (Fsp3) is 0.222. The summed E-state index contributed by atoms with van der Waals surface area (Å²) in [7, 11) is 1.62. The van der Waals surface area contributed by atoms with Crippen LogP contribution in [0.5, 0.6) is 5.75 Å². The number of hydrogen-bond donors (Lipinski definition) is 1. The van der Waals surface area contributed by atoms with Gasteiger partial charge in [0.05, 0.1) is 13.2 Å². The normalized spacial score (nSPS) is 16.1. The number of aryl methyl sites for hydroxylation is 1. The summed E-state index contributed by atoms with van der Waals surface area (Å²) >= 11 is 0. The van der Waals surface area contributed by atoms with Gasteiger partial charge in [0, 0.05) is 12.1 Å². The van der Waals surface area contributed by atoms with Crippen molar-refractivity contribution in [2.45, 2.75) is 25.8 Å². The molecule has 1 heterocycles. The number of rotatable bonds is 7. The van der Waals surface area contributed by atoms with Crippen LogP contribution in [0.25, 0.3) is 5.57 Å². The number of methoxy groups -OCH3 is 1. The van der Waals surface area contributed by atoms with Crippen molar-refractivity contribution in [3.8, 4) is 5.75 Å². The number of carbonyl (C=O) groups is 1. The topological polar surface area (TPSA) is 49.8 Å². The maximum absolute atomic E-state index is 13.1. The summed E-state index contributed by atoms with van der Waals surface area (Å²) in [5, 5.41) is 10.9. The van der Waals surface area contributed by atoms with Gasteiger partial charge in [-0.1, -0.05) is 73.7 Å². The fourth-order valence-electron chi connectivity index (χ4n) is 4.13. The molecule has 0 aromatic heterocycles. The number of benzene rings is 3. The Labute approximate surface area is 183 Å². The van der Waals surface area contributed by atoms with Crippen LogP contribution in [0.15, 0.2) is 84.6 Å². The first-order valence-corrected chi connectivity index (χ1v) is 10.6. The Hall–Kier alpha value is -3.53. The van der Waals surface area contributed by atoms with E-state index in [1.54, 1.807) is 12.0 Å². The minimum absolute atomic E-state index is 0.178. The van der Waals surface area contributed by atoms with Crippen molar-refractivity contribution in [1.82, 2.24) is 4.90 Å². The third kappa shape index (κ3) is 4.19. The summed E-state index contributed by atoms with van der Waals surface area (Å²) in [6.45, 7) is 2.64. The molecule has 0 fully saturated rings. The lowest BCUT2D eigenvalue weighted by Crippen LogP contribution is -2.32. The summed E-state index contributed by atoms with van der Waals surface area (Å²) < 4.78 is 5.27. The Kier molecular flexibility index (Phi) is 6.08. The summed E-state index contributed by atoms with van der Waals surface area (Å²) in [4.78, 5) is 14.9. The number of amides is 1. The van der Waals surface area contributed by atoms with Crippen molar-refractivity contribution in [3.63, 3.8) is 0 Å². The molecular formula is C27H27NO3. The van der Waals surface area contributed by atoms with Crippen molar-refractivity contribution >= 4 is 11.5 Å². The molecular weight excluding hydrogens is 386 g/mol. The second-order valence-corrected chi connectivity index (χ2v) is 7.72. The van der Waals surface area contributed by atoms with Gasteiger partial charge in [0.1, 0.15) is 5.75 Å². The molecule has 4 heteroatoms. The molecule has 1 N–H and O–H groups in total. The van der Waals surface area contributed by atoms with E-state index < -0.39 is 0 Å². The first kappa shape index (κ1) is 20.7. The first-order valence-electron chi connectivity index (χ1n) is 10.6. The van der Waals surface area contributed by atoms with Gasteiger partial charge in [0.2, 0.25) is 0 Å². The van der Waals surface area contributed by atoms with Crippen LogP contribution >= 0.6 is 0 Å². The van der Waals surface area contributed by atoms with Crippen LogP contribution in [0, 0.1) is 0 Å². The average molecular weight is 414 g/mol. The second-order valence-electron chi connectivity index (χ2n) is 7.72. The van der Waals surface area contributed by atoms with Crippen LogP contribution in [-0.2, 0) is 17.6 Å². The molecule has 0 aliphatic carbocycles. The third-order valence-electron chi connectivity index (χ3n) is 5.89. The molecule has 1 amide bonds. The molecule has 3 aromatic carbocycles. The number of hydrogen-bond acceptors (Lipinski definition) is 3. The van der Waals surface area contributed by atoms with E-state index in [0.29, 0.717) is 12.1 Å². The highest BCUT2D eigenvalue weighted by Gasteiger charge is 2.40. The van der Waals surface area contributed by atoms with Crippen LogP contribution in [-0.4, -0.2) is 29.6 Å². The Morgan fingerprint density at radius 1 is 0.903 bits per heavy atom. The van der Waals surface area contributed by atoms with Gasteiger partial charge in [0.15, 0.2) is 5.76 Å². The molecule has 4 nitrogen and oxygen atoms in total. The zero-order valence-electron chi connectivity index (χ0n) is 17.9. The van der Waals surface area contributed by atoms with Crippen LogP contribution < -0.4 is 4.74 Å². The third-order valence-corrected chi connectivity index (χ3v) is 5.89. The predicted molar refractivity (Wildman–Crippen MR) is 123 cm³/mol. The predicted octanol–water partition coefficient (Wildman–Crippen LogP) is 5.35. The van der Waals surface area contributed by atoms with Crippen LogP contribution in [0.1, 0.15) is 35.2 Å². The van der Waals surface area contributed by atoms with Gasteiger partial charge < -0.3 is 14.7 Å². The van der Waals surface area contributed by atoms with Gasteiger partial charge in [-0.05, 0) is 47.2 Å². The molecule has 158 valence electrons. The van der Waals surface area contributed by atoms with E-state index in [0.717, 1.165) is 35.3 Å². The minimum atomic E-state index is -0.337. The van der Waals surface area contributed by atoms with E-state index in [1.807, 2.05) is 42.5 Å². The van der Waals surface area contributed by atoms with E-state index in [4.69, 9.17) is 4.74 Å². The molecule has 0 saturated heterocycles. The van der Waals surface area contributed by atoms with Gasteiger partial charge in [-0.2, -0.15) is 0 Å². The lowest BCUT2D eigenvalue weighted by molar-refractivity contribution is -0.129. The first-order chi connectivity index (χ1) is 15.1. The van der Waals surface area contributed by atoms with Gasteiger partial charge >= 0.3 is 0 Å². The Balaban J connectivity index is 1.72. The average Bonchev–Trinajstić information content (AvgIpc) is 3.08. The van der Waals surface area contributed by atoms with Crippen molar-refractivity contribution in [2.24, 2.45) is 0 Å². The zero-order chi connectivity index (χ0) is 21.8. The van der Waals surface area contributed by atoms with Crippen LogP contribution in [0.3, 0.4) is 0 Å². The molecule has 1 aliphatic rings. The molecule has 0 saturated carbocycles. The smallest absolute Gasteiger partial charge is 0.289 e. The van der Waals surface area contributed by atoms with Gasteiger partial charge in [-0.3, -0.25) is 4.79 Å². The summed E-state index contributed by atoms with van der Waals surface area (Å²) in [6.07, 6.45) is 1.67. The summed E-state index contributed by atoms with van der Waals surface area (Å²) in [6, 6.07) is 25.6. The van der Waals surface area contributed by atoms with Crippen LogP contribution in [0.2, 0.25) is 0 Å². The van der Waals surface area contributed by atoms with Gasteiger partial charge in [0.25, 0.3) is 5.91 Å². The highest BCUT2D eigenvalue weighted by atomic mass is 16.5. The van der Waals surface area contributed by atoms with E-state index >= 15 is 0 Å². The lowest BCUT2D eigenvalue weighted by Gasteiger charge is -2.27. The largest absolute Gasteiger partial charge is 0.503 e. The molecule has 31 heavy (non-hydrogen) atoms. The number of carbonyl (C=O) groups excluding carboxylic acids is 1.